The van der Waals surface area contributed by atoms with Crippen molar-refractivity contribution in [2.45, 2.75) is 6.92 Å². The Morgan fingerprint density at radius 1 is 1.67 bits per heavy atom. The standard InChI is InChI=1S/C9H8N2O4/c1-2-14-9(12)6-4-3-5-7-8(6)10-15-11(7)13/h3-5H,2H2,1H3. The minimum absolute atomic E-state index is 0.209. The van der Waals surface area contributed by atoms with Crippen molar-refractivity contribution in [1.29, 1.82) is 0 Å². The van der Waals surface area contributed by atoms with Gasteiger partial charge in [-0.3, -0.25) is 4.63 Å². The van der Waals surface area contributed by atoms with Gasteiger partial charge in [-0.15, -0.1) is 0 Å². The minimum atomic E-state index is -0.517. The molecular weight excluding hydrogens is 200 g/mol. The number of rotatable bonds is 2. The molecule has 1 aromatic carbocycles. The summed E-state index contributed by atoms with van der Waals surface area (Å²) in [6.45, 7) is 1.97. The Bertz CT molecular complexity index is 506. The minimum Gasteiger partial charge on any atom is -0.462 e. The van der Waals surface area contributed by atoms with E-state index in [2.05, 4.69) is 9.79 Å². The lowest BCUT2D eigenvalue weighted by Crippen LogP contribution is -2.22. The highest BCUT2D eigenvalue weighted by atomic mass is 16.8. The Morgan fingerprint density at radius 2 is 2.47 bits per heavy atom. The number of carbonyl (C=O) groups is 1. The van der Waals surface area contributed by atoms with E-state index in [4.69, 9.17) is 4.74 Å². The van der Waals surface area contributed by atoms with Crippen molar-refractivity contribution in [1.82, 2.24) is 5.16 Å². The topological polar surface area (TPSA) is 79.3 Å². The molecule has 2 rings (SSSR count). The number of nitrogens with zero attached hydrogens (tertiary/aromatic N) is 2. The van der Waals surface area contributed by atoms with Gasteiger partial charge in [-0.2, -0.15) is 0 Å². The van der Waals surface area contributed by atoms with E-state index in [1.807, 2.05) is 0 Å². The van der Waals surface area contributed by atoms with Crippen LogP contribution in [0.25, 0.3) is 11.0 Å². The molecule has 15 heavy (non-hydrogen) atoms. The lowest BCUT2D eigenvalue weighted by molar-refractivity contribution is -0.782. The van der Waals surface area contributed by atoms with E-state index in [1.165, 1.54) is 12.1 Å². The Labute approximate surface area is 84.6 Å². The van der Waals surface area contributed by atoms with E-state index in [-0.39, 0.29) is 28.1 Å². The third-order valence-corrected chi connectivity index (χ3v) is 1.91. The van der Waals surface area contributed by atoms with Crippen LogP contribution in [0.3, 0.4) is 0 Å². The largest absolute Gasteiger partial charge is 0.462 e. The van der Waals surface area contributed by atoms with Crippen molar-refractivity contribution >= 4 is 17.0 Å². The van der Waals surface area contributed by atoms with Gasteiger partial charge in [0.1, 0.15) is 5.56 Å². The van der Waals surface area contributed by atoms with E-state index in [0.29, 0.717) is 0 Å². The molecule has 1 heterocycles. The molecule has 1 aromatic heterocycles. The maximum atomic E-state index is 11.5. The van der Waals surface area contributed by atoms with Gasteiger partial charge in [0.05, 0.1) is 6.61 Å². The van der Waals surface area contributed by atoms with Crippen LogP contribution in [0, 0.1) is 5.21 Å². The fraction of sp³-hybridized carbons (Fsp3) is 0.222. The summed E-state index contributed by atoms with van der Waals surface area (Å²) in [7, 11) is 0. The molecule has 0 bridgehead atoms. The monoisotopic (exact) mass is 208 g/mol. The third-order valence-electron chi connectivity index (χ3n) is 1.91. The summed E-state index contributed by atoms with van der Waals surface area (Å²) in [5, 5.41) is 14.5. The second-order valence-corrected chi connectivity index (χ2v) is 2.82. The van der Waals surface area contributed by atoms with Crippen LogP contribution in [0.1, 0.15) is 17.3 Å². The second kappa shape index (κ2) is 3.56. The van der Waals surface area contributed by atoms with Gasteiger partial charge >= 0.3 is 5.97 Å². The number of esters is 1. The van der Waals surface area contributed by atoms with Gasteiger partial charge in [-0.1, -0.05) is 6.07 Å². The highest BCUT2D eigenvalue weighted by Crippen LogP contribution is 2.14. The van der Waals surface area contributed by atoms with Crippen molar-refractivity contribution in [2.75, 3.05) is 6.61 Å². The number of fused-ring (bicyclic) bond motifs is 1. The molecule has 0 aliphatic rings. The molecule has 0 radical (unpaired) electrons. The molecule has 0 spiro atoms. The van der Waals surface area contributed by atoms with Crippen LogP contribution >= 0.6 is 0 Å². The van der Waals surface area contributed by atoms with Crippen LogP contribution in [-0.2, 0) is 4.74 Å². The summed E-state index contributed by atoms with van der Waals surface area (Å²) >= 11 is 0. The molecule has 6 heteroatoms. The normalized spacial score (nSPS) is 10.5. The predicted octanol–water partition coefficient (Wildman–Crippen LogP) is 0.638. The highest BCUT2D eigenvalue weighted by molar-refractivity contribution is 6.00. The van der Waals surface area contributed by atoms with E-state index in [1.54, 1.807) is 13.0 Å². The van der Waals surface area contributed by atoms with E-state index in [9.17, 15) is 10.0 Å². The summed E-state index contributed by atoms with van der Waals surface area (Å²) in [5.41, 5.74) is 0.652. The Balaban J connectivity index is 2.56. The van der Waals surface area contributed by atoms with Gasteiger partial charge in [-0.25, -0.2) is 4.79 Å². The maximum absolute atomic E-state index is 11.5. The fourth-order valence-electron chi connectivity index (χ4n) is 1.27. The maximum Gasteiger partial charge on any atom is 0.342 e. The summed E-state index contributed by atoms with van der Waals surface area (Å²) in [4.78, 5) is 11.7. The zero-order valence-corrected chi connectivity index (χ0v) is 7.97. The van der Waals surface area contributed by atoms with Gasteiger partial charge in [0.25, 0.3) is 5.52 Å². The van der Waals surface area contributed by atoms with Crippen molar-refractivity contribution in [3.8, 4) is 0 Å². The predicted molar refractivity (Wildman–Crippen MR) is 48.9 cm³/mol. The molecule has 0 saturated heterocycles. The van der Waals surface area contributed by atoms with Gasteiger partial charge in [-0.05, 0) is 24.0 Å². The van der Waals surface area contributed by atoms with Gasteiger partial charge < -0.3 is 9.94 Å². The number of hydrogen-bond acceptors (Lipinski definition) is 5. The number of carbonyl (C=O) groups excluding carboxylic acids is 1. The fourth-order valence-corrected chi connectivity index (χ4v) is 1.27. The molecule has 0 aliphatic carbocycles. The van der Waals surface area contributed by atoms with Crippen molar-refractivity contribution < 1.29 is 19.1 Å². The lowest BCUT2D eigenvalue weighted by atomic mass is 10.2. The van der Waals surface area contributed by atoms with Crippen LogP contribution in [0.5, 0.6) is 0 Å². The van der Waals surface area contributed by atoms with Gasteiger partial charge in [0.2, 0.25) is 5.52 Å². The van der Waals surface area contributed by atoms with E-state index in [0.717, 1.165) is 0 Å². The van der Waals surface area contributed by atoms with Gasteiger partial charge in [0, 0.05) is 5.16 Å². The average molecular weight is 208 g/mol. The first-order valence-corrected chi connectivity index (χ1v) is 4.39. The van der Waals surface area contributed by atoms with E-state index >= 15 is 0 Å². The zero-order valence-electron chi connectivity index (χ0n) is 7.97. The molecule has 0 atom stereocenters. The van der Waals surface area contributed by atoms with Gasteiger partial charge in [0.15, 0.2) is 0 Å². The number of hydrogen-bond donors (Lipinski definition) is 0. The summed E-state index contributed by atoms with van der Waals surface area (Å²) in [6.07, 6.45) is 0. The van der Waals surface area contributed by atoms with Crippen LogP contribution in [0.2, 0.25) is 0 Å². The molecule has 0 N–H and O–H groups in total. The molecule has 0 amide bonds. The van der Waals surface area contributed by atoms with Crippen molar-refractivity contribution in [2.24, 2.45) is 0 Å². The molecule has 0 saturated carbocycles. The molecule has 2 aromatic rings. The summed E-state index contributed by atoms with van der Waals surface area (Å²) < 4.78 is 9.20. The van der Waals surface area contributed by atoms with Crippen LogP contribution in [-0.4, -0.2) is 17.7 Å². The Hall–Kier alpha value is -2.11. The Morgan fingerprint density at radius 3 is 3.20 bits per heavy atom. The summed E-state index contributed by atoms with van der Waals surface area (Å²) in [5.74, 6) is -0.517. The highest BCUT2D eigenvalue weighted by Gasteiger charge is 2.19. The van der Waals surface area contributed by atoms with E-state index < -0.39 is 5.97 Å². The second-order valence-electron chi connectivity index (χ2n) is 2.82. The molecule has 0 aliphatic heterocycles. The smallest absolute Gasteiger partial charge is 0.342 e. The summed E-state index contributed by atoms with van der Waals surface area (Å²) in [6, 6.07) is 4.62. The van der Waals surface area contributed by atoms with Crippen molar-refractivity contribution in [3.63, 3.8) is 0 Å². The molecule has 78 valence electrons. The third kappa shape index (κ3) is 1.50. The number of ether oxygens (including phenoxy) is 1. The first kappa shape index (κ1) is 9.45. The first-order chi connectivity index (χ1) is 7.24. The molecule has 6 nitrogen and oxygen atoms in total. The number of benzene rings is 1. The Kier molecular flexibility index (Phi) is 2.24. The average Bonchev–Trinajstić information content (AvgIpc) is 2.61. The molecular formula is C9H8N2O4. The lowest BCUT2D eigenvalue weighted by Gasteiger charge is -1.98. The van der Waals surface area contributed by atoms with Crippen molar-refractivity contribution in [3.05, 3.63) is 29.0 Å². The van der Waals surface area contributed by atoms with Crippen LogP contribution in [0.4, 0.5) is 0 Å². The van der Waals surface area contributed by atoms with Crippen LogP contribution < -0.4 is 4.90 Å². The quantitative estimate of drug-likeness (QED) is 0.534. The number of aromatic nitrogens is 2. The van der Waals surface area contributed by atoms with Crippen LogP contribution in [0.15, 0.2) is 22.8 Å². The first-order valence-electron chi connectivity index (χ1n) is 4.39. The SMILES string of the molecule is CCOC(=O)c1cccc2c1no[n+]2[O-]. The zero-order chi connectivity index (χ0) is 10.8. The molecule has 0 unspecified atom stereocenters. The molecule has 0 fully saturated rings.